The van der Waals surface area contributed by atoms with Crippen molar-refractivity contribution in [2.45, 2.75) is 65.7 Å². The highest BCUT2D eigenvalue weighted by Crippen LogP contribution is 2.32. The Kier molecular flexibility index (Phi) is 21.2. The van der Waals surface area contributed by atoms with Crippen molar-refractivity contribution in [1.82, 2.24) is 0 Å². The van der Waals surface area contributed by atoms with Crippen molar-refractivity contribution >= 4 is 63.1 Å². The van der Waals surface area contributed by atoms with E-state index in [-0.39, 0.29) is 83.9 Å². The minimum Gasteiger partial charge on any atom is -0.494 e. The summed E-state index contributed by atoms with van der Waals surface area (Å²) in [5, 5.41) is 2.96. The van der Waals surface area contributed by atoms with Crippen LogP contribution in [0.15, 0.2) is 146 Å². The quantitative estimate of drug-likeness (QED) is 0.0141. The normalized spacial score (nSPS) is 10.7. The monoisotopic (exact) mass is 1050 g/mol. The van der Waals surface area contributed by atoms with Crippen LogP contribution in [0.25, 0.3) is 21.5 Å². The predicted molar refractivity (Wildman–Crippen MR) is 287 cm³/mol. The zero-order valence-electron chi connectivity index (χ0n) is 43.3. The van der Waals surface area contributed by atoms with E-state index in [0.29, 0.717) is 59.5 Å². The molecule has 16 heteroatoms. The third-order valence-corrected chi connectivity index (χ3v) is 11.3. The Hall–Kier alpha value is -9.05. The molecule has 6 aromatic carbocycles. The fraction of sp³-hybridized carbons (Fsp3) is 0.262. The molecule has 6 aromatic rings. The maximum Gasteiger partial charge on any atom is 0.343 e. The molecule has 0 radical (unpaired) electrons. The summed E-state index contributed by atoms with van der Waals surface area (Å²) in [4.78, 5) is 87.4. The van der Waals surface area contributed by atoms with Crippen LogP contribution >= 0.6 is 0 Å². The Morgan fingerprint density at radius 2 is 0.857 bits per heavy atom. The molecule has 0 spiro atoms. The Morgan fingerprint density at radius 3 is 1.44 bits per heavy atom. The summed E-state index contributed by atoms with van der Waals surface area (Å²) in [6, 6.07) is 29.5. The number of benzene rings is 6. The van der Waals surface area contributed by atoms with Crippen LogP contribution in [0.4, 0.5) is 0 Å². The molecule has 0 fully saturated rings. The number of ether oxygens (including phenoxy) is 9. The summed E-state index contributed by atoms with van der Waals surface area (Å²) in [7, 11) is 0. The van der Waals surface area contributed by atoms with Crippen LogP contribution in [-0.4, -0.2) is 81.2 Å². The van der Waals surface area contributed by atoms with Crippen LogP contribution in [0.1, 0.15) is 95.9 Å². The molecule has 0 aliphatic carbocycles. The van der Waals surface area contributed by atoms with E-state index >= 15 is 0 Å². The largest absolute Gasteiger partial charge is 0.494 e. The smallest absolute Gasteiger partial charge is 0.343 e. The molecule has 0 saturated carbocycles. The summed E-state index contributed by atoms with van der Waals surface area (Å²) < 4.78 is 50.3. The third-order valence-electron chi connectivity index (χ3n) is 11.3. The van der Waals surface area contributed by atoms with Gasteiger partial charge in [-0.2, -0.15) is 0 Å². The van der Waals surface area contributed by atoms with Gasteiger partial charge in [-0.05, 0) is 153 Å². The molecule has 77 heavy (non-hydrogen) atoms. The second kappa shape index (κ2) is 28.6. The number of hydrogen-bond acceptors (Lipinski definition) is 16. The van der Waals surface area contributed by atoms with Gasteiger partial charge in [0.1, 0.15) is 28.8 Å². The van der Waals surface area contributed by atoms with Gasteiger partial charge in [0.05, 0.1) is 56.3 Å². The van der Waals surface area contributed by atoms with Gasteiger partial charge in [0, 0.05) is 42.0 Å². The summed E-state index contributed by atoms with van der Waals surface area (Å²) in [6.45, 7) is 16.4. The Bertz CT molecular complexity index is 3190. The van der Waals surface area contributed by atoms with E-state index in [1.165, 1.54) is 37.3 Å². The van der Waals surface area contributed by atoms with Crippen molar-refractivity contribution < 1.29 is 76.2 Å². The molecule has 0 aromatic heterocycles. The maximum atomic E-state index is 13.6. The van der Waals surface area contributed by atoms with E-state index in [2.05, 4.69) is 19.7 Å². The SMILES string of the molecule is C=CC(=O)OCCCCCCOc1ccc2cc(C(=O)Oc3ccc(OC(=O)c4ccc5cc(OC(=O)c6ccc(OCCCOC(=O)C(=C)C)c(OCCCOC(=O)C(=C)C)c6)ccc5c4)c(CC(C)=O)c3)ccc2c1. The van der Waals surface area contributed by atoms with Crippen LogP contribution in [0.3, 0.4) is 0 Å². The lowest BCUT2D eigenvalue weighted by molar-refractivity contribution is -0.140. The molecular formula is C61H60O16. The van der Waals surface area contributed by atoms with Crippen LogP contribution in [0.2, 0.25) is 0 Å². The highest BCUT2D eigenvalue weighted by Gasteiger charge is 2.19. The molecule has 0 atom stereocenters. The van der Waals surface area contributed by atoms with Crippen LogP contribution < -0.4 is 28.4 Å². The maximum absolute atomic E-state index is 13.6. The molecule has 0 unspecified atom stereocenters. The molecule has 400 valence electrons. The lowest BCUT2D eigenvalue weighted by atomic mass is 10.1. The summed E-state index contributed by atoms with van der Waals surface area (Å²) in [5.41, 5.74) is 1.55. The molecule has 0 heterocycles. The molecule has 6 rings (SSSR count). The number of fused-ring (bicyclic) bond motifs is 2. The Morgan fingerprint density at radius 1 is 0.416 bits per heavy atom. The summed E-state index contributed by atoms with van der Waals surface area (Å²) >= 11 is 0. The second-order valence-electron chi connectivity index (χ2n) is 17.8. The molecule has 0 amide bonds. The number of unbranched alkanes of at least 4 members (excludes halogenated alkanes) is 3. The number of hydrogen-bond donors (Lipinski definition) is 0. The van der Waals surface area contributed by atoms with Gasteiger partial charge in [0.15, 0.2) is 11.5 Å². The fourth-order valence-corrected chi connectivity index (χ4v) is 7.38. The first-order chi connectivity index (χ1) is 37.1. The fourth-order valence-electron chi connectivity index (χ4n) is 7.38. The highest BCUT2D eigenvalue weighted by molar-refractivity contribution is 5.99. The van der Waals surface area contributed by atoms with Gasteiger partial charge in [-0.3, -0.25) is 4.79 Å². The highest BCUT2D eigenvalue weighted by atomic mass is 16.6. The number of esters is 6. The first-order valence-electron chi connectivity index (χ1n) is 24.9. The van der Waals surface area contributed by atoms with E-state index in [1.54, 1.807) is 74.5 Å². The topological polar surface area (TPSA) is 203 Å². The van der Waals surface area contributed by atoms with Crippen molar-refractivity contribution in [2.75, 3.05) is 39.6 Å². The Labute approximate surface area is 446 Å². The average molecular weight is 1050 g/mol. The van der Waals surface area contributed by atoms with Crippen molar-refractivity contribution in [3.63, 3.8) is 0 Å². The number of Topliss-reactive ketones (excluding diaryl/α,β-unsaturated/α-hetero) is 1. The number of ketones is 1. The Balaban J connectivity index is 1.05. The summed E-state index contributed by atoms with van der Waals surface area (Å²) in [6.07, 6.45) is 5.21. The average Bonchev–Trinajstić information content (AvgIpc) is 3.41. The third kappa shape index (κ3) is 17.8. The van der Waals surface area contributed by atoms with E-state index < -0.39 is 35.8 Å². The molecule has 0 N–H and O–H groups in total. The van der Waals surface area contributed by atoms with Gasteiger partial charge in [0.25, 0.3) is 0 Å². The molecular weight excluding hydrogens is 989 g/mol. The molecule has 0 aliphatic rings. The van der Waals surface area contributed by atoms with Crippen LogP contribution in [-0.2, 0) is 39.8 Å². The molecule has 16 nitrogen and oxygen atoms in total. The first kappa shape index (κ1) is 57.2. The van der Waals surface area contributed by atoms with Crippen LogP contribution in [0, 0.1) is 0 Å². The minimum atomic E-state index is -0.702. The minimum absolute atomic E-state index is 0.0814. The van der Waals surface area contributed by atoms with Crippen molar-refractivity contribution in [3.05, 3.63) is 168 Å². The number of rotatable bonds is 29. The lowest BCUT2D eigenvalue weighted by Crippen LogP contribution is -2.12. The van der Waals surface area contributed by atoms with Gasteiger partial charge in [-0.25, -0.2) is 28.8 Å². The van der Waals surface area contributed by atoms with Gasteiger partial charge >= 0.3 is 35.8 Å². The van der Waals surface area contributed by atoms with Crippen LogP contribution in [0.5, 0.6) is 34.5 Å². The van der Waals surface area contributed by atoms with E-state index in [0.717, 1.165) is 42.5 Å². The standard InChI is InChI=1S/C61H60O16/c1-7-56(63)72-27-11-9-8-10-26-69-50-21-18-42-33-46(16-14-44(42)35-50)59(66)76-52-23-25-53(49(37-52)32-41(6)62)77-61(68)47-17-15-45-36-51(22-19-43(45)34-47)75-60(67)48-20-24-54(70-28-12-30-73-57(64)39(2)3)55(38-48)71-29-13-31-74-58(65)40(4)5/h7,14-25,33-38H,1-2,4,8-13,26-32H2,3,5-6H3. The van der Waals surface area contributed by atoms with Crippen molar-refractivity contribution in [3.8, 4) is 34.5 Å². The van der Waals surface area contributed by atoms with Gasteiger partial charge in [0.2, 0.25) is 0 Å². The molecule has 0 saturated heterocycles. The van der Waals surface area contributed by atoms with Gasteiger partial charge in [-0.15, -0.1) is 0 Å². The van der Waals surface area contributed by atoms with Gasteiger partial charge < -0.3 is 42.6 Å². The predicted octanol–water partition coefficient (Wildman–Crippen LogP) is 11.2. The first-order valence-corrected chi connectivity index (χ1v) is 24.9. The molecule has 0 bridgehead atoms. The van der Waals surface area contributed by atoms with Crippen molar-refractivity contribution in [1.29, 1.82) is 0 Å². The zero-order valence-corrected chi connectivity index (χ0v) is 43.3. The van der Waals surface area contributed by atoms with Crippen molar-refractivity contribution in [2.24, 2.45) is 0 Å². The lowest BCUT2D eigenvalue weighted by Gasteiger charge is -2.15. The van der Waals surface area contributed by atoms with E-state index in [1.807, 2.05) is 18.2 Å². The number of carbonyl (C=O) groups is 7. The number of carbonyl (C=O) groups excluding carboxylic acids is 7. The zero-order chi connectivity index (χ0) is 55.3. The van der Waals surface area contributed by atoms with E-state index in [9.17, 15) is 33.6 Å². The second-order valence-corrected chi connectivity index (χ2v) is 17.8. The van der Waals surface area contributed by atoms with E-state index in [4.69, 9.17) is 42.6 Å². The van der Waals surface area contributed by atoms with Gasteiger partial charge in [-0.1, -0.05) is 44.0 Å². The summed E-state index contributed by atoms with van der Waals surface area (Å²) in [5.74, 6) is -1.93. The molecule has 0 aliphatic heterocycles.